The van der Waals surface area contributed by atoms with Gasteiger partial charge in [0.15, 0.2) is 0 Å². The molecule has 0 aliphatic carbocycles. The number of benzene rings is 1. The zero-order valence-corrected chi connectivity index (χ0v) is 10.8. The minimum atomic E-state index is -0.164. The van der Waals surface area contributed by atoms with Gasteiger partial charge in [-0.25, -0.2) is 0 Å². The quantitative estimate of drug-likeness (QED) is 0.661. The predicted octanol–water partition coefficient (Wildman–Crippen LogP) is 1.58. The van der Waals surface area contributed by atoms with E-state index in [1.54, 1.807) is 0 Å². The molecule has 0 atom stereocenters. The van der Waals surface area contributed by atoms with Gasteiger partial charge >= 0.3 is 0 Å². The Labute approximate surface area is 114 Å². The molecule has 1 N–H and O–H groups in total. The Balaban J connectivity index is 1.92. The molecule has 1 aromatic carbocycles. The number of hydrogen-bond donors (Lipinski definition) is 1. The molecule has 96 valence electrons. The number of nitrogens with one attached hydrogen (secondary N) is 1. The van der Waals surface area contributed by atoms with Crippen molar-refractivity contribution < 1.29 is 9.21 Å². The number of amides is 1. The highest BCUT2D eigenvalue weighted by atomic mass is 32.2. The summed E-state index contributed by atoms with van der Waals surface area (Å²) in [5, 5.41) is 10.7. The molecule has 0 aliphatic rings. The molecule has 2 aromatic rings. The van der Waals surface area contributed by atoms with Gasteiger partial charge in [-0.1, -0.05) is 35.9 Å². The molecule has 2 rings (SSSR count). The van der Waals surface area contributed by atoms with E-state index < -0.39 is 0 Å². The number of nitrogens with zero attached hydrogens (tertiary/aromatic N) is 2. The third-order valence-electron chi connectivity index (χ3n) is 2.14. The lowest BCUT2D eigenvalue weighted by atomic mass is 10.2. The van der Waals surface area contributed by atoms with Crippen molar-refractivity contribution in [1.29, 1.82) is 0 Å². The van der Waals surface area contributed by atoms with Crippen LogP contribution < -0.4 is 5.32 Å². The molecule has 1 amide bonds. The maximum Gasteiger partial charge on any atom is 0.277 e. The van der Waals surface area contributed by atoms with Gasteiger partial charge < -0.3 is 9.73 Å². The van der Waals surface area contributed by atoms with Gasteiger partial charge in [-0.3, -0.25) is 4.79 Å². The van der Waals surface area contributed by atoms with E-state index in [4.69, 9.17) is 10.8 Å². The highest BCUT2D eigenvalue weighted by Crippen LogP contribution is 2.22. The van der Waals surface area contributed by atoms with Crippen LogP contribution in [-0.4, -0.2) is 28.4 Å². The van der Waals surface area contributed by atoms with Crippen LogP contribution in [0.15, 0.2) is 40.0 Å². The highest BCUT2D eigenvalue weighted by Gasteiger charge is 2.10. The van der Waals surface area contributed by atoms with Crippen molar-refractivity contribution in [2.45, 2.75) is 5.22 Å². The van der Waals surface area contributed by atoms with Gasteiger partial charge in [0.2, 0.25) is 11.8 Å². The Hall–Kier alpha value is -2.26. The number of carbonyl (C=O) groups is 1. The van der Waals surface area contributed by atoms with Crippen LogP contribution >= 0.6 is 11.8 Å². The number of carbonyl (C=O) groups excluding carboxylic acids is 1. The number of rotatable bonds is 5. The van der Waals surface area contributed by atoms with Crippen LogP contribution in [0.1, 0.15) is 0 Å². The van der Waals surface area contributed by atoms with Gasteiger partial charge in [-0.15, -0.1) is 16.6 Å². The standard InChI is InChI=1S/C13H11N3O2S/c1-2-8-14-11(17)9-19-13-16-15-12(18-13)10-6-4-3-5-7-10/h1,3-7H,8-9H2,(H,14,17). The Morgan fingerprint density at radius 2 is 2.16 bits per heavy atom. The summed E-state index contributed by atoms with van der Waals surface area (Å²) < 4.78 is 5.44. The minimum absolute atomic E-state index is 0.164. The molecule has 0 radical (unpaired) electrons. The van der Waals surface area contributed by atoms with Crippen LogP contribution in [0.3, 0.4) is 0 Å². The third kappa shape index (κ3) is 3.86. The summed E-state index contributed by atoms with van der Waals surface area (Å²) in [4.78, 5) is 11.3. The smallest absolute Gasteiger partial charge is 0.277 e. The van der Waals surface area contributed by atoms with Crippen molar-refractivity contribution in [3.63, 3.8) is 0 Å². The summed E-state index contributed by atoms with van der Waals surface area (Å²) in [5.74, 6) is 2.80. The summed E-state index contributed by atoms with van der Waals surface area (Å²) in [5.41, 5.74) is 0.846. The van der Waals surface area contributed by atoms with E-state index in [1.165, 1.54) is 11.8 Å². The van der Waals surface area contributed by atoms with Gasteiger partial charge in [0.25, 0.3) is 5.22 Å². The number of aromatic nitrogens is 2. The lowest BCUT2D eigenvalue weighted by molar-refractivity contribution is -0.118. The largest absolute Gasteiger partial charge is 0.411 e. The second-order valence-corrected chi connectivity index (χ2v) is 4.44. The number of hydrogen-bond acceptors (Lipinski definition) is 5. The van der Waals surface area contributed by atoms with Crippen LogP contribution in [0.5, 0.6) is 0 Å². The van der Waals surface area contributed by atoms with Crippen molar-refractivity contribution in [1.82, 2.24) is 15.5 Å². The second-order valence-electron chi connectivity index (χ2n) is 3.51. The normalized spacial score (nSPS) is 9.84. The topological polar surface area (TPSA) is 68.0 Å². The van der Waals surface area contributed by atoms with E-state index in [0.717, 1.165) is 5.56 Å². The first kappa shape index (κ1) is 13.2. The van der Waals surface area contributed by atoms with Crippen LogP contribution in [-0.2, 0) is 4.79 Å². The number of terminal acetylenes is 1. The molecule has 5 nitrogen and oxygen atoms in total. The first-order valence-electron chi connectivity index (χ1n) is 5.51. The fourth-order valence-electron chi connectivity index (χ4n) is 1.29. The zero-order chi connectivity index (χ0) is 13.5. The van der Waals surface area contributed by atoms with Gasteiger partial charge in [-0.05, 0) is 12.1 Å². The molecular weight excluding hydrogens is 262 g/mol. The Morgan fingerprint density at radius 1 is 1.37 bits per heavy atom. The van der Waals surface area contributed by atoms with E-state index >= 15 is 0 Å². The molecule has 0 saturated carbocycles. The van der Waals surface area contributed by atoms with Gasteiger partial charge in [0.1, 0.15) is 0 Å². The summed E-state index contributed by atoms with van der Waals surface area (Å²) in [6, 6.07) is 9.44. The fraction of sp³-hybridized carbons (Fsp3) is 0.154. The summed E-state index contributed by atoms with van der Waals surface area (Å²) in [6.07, 6.45) is 5.04. The van der Waals surface area contributed by atoms with E-state index in [0.29, 0.717) is 11.1 Å². The minimum Gasteiger partial charge on any atom is -0.411 e. The van der Waals surface area contributed by atoms with Crippen LogP contribution in [0.2, 0.25) is 0 Å². The third-order valence-corrected chi connectivity index (χ3v) is 2.96. The molecule has 0 bridgehead atoms. The average molecular weight is 273 g/mol. The number of thioether (sulfide) groups is 1. The molecule has 1 heterocycles. The summed E-state index contributed by atoms with van der Waals surface area (Å²) in [7, 11) is 0. The molecule has 19 heavy (non-hydrogen) atoms. The molecular formula is C13H11N3O2S. The van der Waals surface area contributed by atoms with Crippen LogP contribution in [0.25, 0.3) is 11.5 Å². The molecule has 0 unspecified atom stereocenters. The van der Waals surface area contributed by atoms with Crippen LogP contribution in [0.4, 0.5) is 0 Å². The maximum atomic E-state index is 11.3. The molecule has 6 heteroatoms. The SMILES string of the molecule is C#CCNC(=O)CSc1nnc(-c2ccccc2)o1. The van der Waals surface area contributed by atoms with Crippen molar-refractivity contribution in [2.24, 2.45) is 0 Å². The molecule has 0 spiro atoms. The molecule has 1 aromatic heterocycles. The van der Waals surface area contributed by atoms with Crippen molar-refractivity contribution in [2.75, 3.05) is 12.3 Å². The lowest BCUT2D eigenvalue weighted by Gasteiger charge is -1.97. The monoisotopic (exact) mass is 273 g/mol. The van der Waals surface area contributed by atoms with Crippen molar-refractivity contribution >= 4 is 17.7 Å². The van der Waals surface area contributed by atoms with Crippen molar-refractivity contribution in [3.05, 3.63) is 30.3 Å². The molecule has 0 aliphatic heterocycles. The summed E-state index contributed by atoms with van der Waals surface area (Å²) in [6.45, 7) is 0.221. The van der Waals surface area contributed by atoms with Gasteiger partial charge in [0.05, 0.1) is 12.3 Å². The predicted molar refractivity (Wildman–Crippen MR) is 72.3 cm³/mol. The Bertz CT molecular complexity index is 589. The Kier molecular flexibility index (Phi) is 4.59. The average Bonchev–Trinajstić information content (AvgIpc) is 2.93. The first-order valence-corrected chi connectivity index (χ1v) is 6.50. The van der Waals surface area contributed by atoms with E-state index in [2.05, 4.69) is 21.4 Å². The summed E-state index contributed by atoms with van der Waals surface area (Å²) >= 11 is 1.17. The van der Waals surface area contributed by atoms with Crippen molar-refractivity contribution in [3.8, 4) is 23.8 Å². The first-order chi connectivity index (χ1) is 9.29. The lowest BCUT2D eigenvalue weighted by Crippen LogP contribution is -2.25. The van der Waals surface area contributed by atoms with E-state index in [9.17, 15) is 4.79 Å². The fourth-order valence-corrected chi connectivity index (χ4v) is 1.89. The Morgan fingerprint density at radius 3 is 2.89 bits per heavy atom. The maximum absolute atomic E-state index is 11.3. The van der Waals surface area contributed by atoms with Gasteiger partial charge in [0, 0.05) is 5.56 Å². The highest BCUT2D eigenvalue weighted by molar-refractivity contribution is 7.99. The van der Waals surface area contributed by atoms with E-state index in [-0.39, 0.29) is 18.2 Å². The van der Waals surface area contributed by atoms with Gasteiger partial charge in [-0.2, -0.15) is 0 Å². The van der Waals surface area contributed by atoms with E-state index in [1.807, 2.05) is 30.3 Å². The molecule has 0 saturated heterocycles. The second kappa shape index (κ2) is 6.61. The zero-order valence-electron chi connectivity index (χ0n) is 10.00. The molecule has 0 fully saturated rings. The van der Waals surface area contributed by atoms with Crippen LogP contribution in [0, 0.1) is 12.3 Å².